The van der Waals surface area contributed by atoms with Gasteiger partial charge in [0.15, 0.2) is 5.65 Å². The molecule has 1 N–H and O–H groups in total. The number of carbonyl (C=O) groups excluding carboxylic acids is 1. The van der Waals surface area contributed by atoms with Crippen LogP contribution in [-0.4, -0.2) is 40.6 Å². The molecule has 0 aliphatic carbocycles. The van der Waals surface area contributed by atoms with Gasteiger partial charge in [0.05, 0.1) is 30.5 Å². The van der Waals surface area contributed by atoms with Gasteiger partial charge in [-0.25, -0.2) is 9.97 Å². The fourth-order valence-corrected chi connectivity index (χ4v) is 3.88. The van der Waals surface area contributed by atoms with E-state index in [1.165, 1.54) is 0 Å². The van der Waals surface area contributed by atoms with Crippen LogP contribution in [0.25, 0.3) is 11.2 Å². The van der Waals surface area contributed by atoms with Crippen molar-refractivity contribution in [1.82, 2.24) is 20.3 Å². The van der Waals surface area contributed by atoms with E-state index in [9.17, 15) is 4.79 Å². The summed E-state index contributed by atoms with van der Waals surface area (Å²) in [6.45, 7) is 6.20. The number of carbonyl (C=O) groups is 1. The van der Waals surface area contributed by atoms with E-state index in [4.69, 9.17) is 4.74 Å². The molecule has 1 amide bonds. The van der Waals surface area contributed by atoms with Crippen LogP contribution in [0.5, 0.6) is 5.75 Å². The first-order valence-electron chi connectivity index (χ1n) is 10.5. The summed E-state index contributed by atoms with van der Waals surface area (Å²) in [7, 11) is 0. The third-order valence-corrected chi connectivity index (χ3v) is 5.52. The Morgan fingerprint density at radius 2 is 2.03 bits per heavy atom. The molecule has 1 aromatic carbocycles. The second-order valence-electron chi connectivity index (χ2n) is 7.61. The van der Waals surface area contributed by atoms with Crippen molar-refractivity contribution >= 4 is 22.8 Å². The van der Waals surface area contributed by atoms with Gasteiger partial charge in [0.2, 0.25) is 5.91 Å². The number of ether oxygens (including phenoxy) is 1. The molecule has 0 unspecified atom stereocenters. The monoisotopic (exact) mass is 405 g/mol. The highest BCUT2D eigenvalue weighted by Gasteiger charge is 2.27. The first kappa shape index (κ1) is 20.1. The van der Waals surface area contributed by atoms with Crippen LogP contribution in [0.15, 0.2) is 48.9 Å². The number of hydrogen-bond acceptors (Lipinski definition) is 6. The minimum atomic E-state index is -0.0545. The maximum atomic E-state index is 12.9. The first-order valence-corrected chi connectivity index (χ1v) is 10.5. The van der Waals surface area contributed by atoms with Gasteiger partial charge < -0.3 is 15.0 Å². The van der Waals surface area contributed by atoms with Crippen LogP contribution in [0.2, 0.25) is 0 Å². The Balaban J connectivity index is 1.40. The SMILES string of the molecule is CCOc1ccc([C@@H](C)NC(=O)[C@H]2CCCN(c3cnc4nccnc4c3)C2)cc1. The predicted octanol–water partition coefficient (Wildman–Crippen LogP) is 3.52. The van der Waals surface area contributed by atoms with Gasteiger partial charge in [0.1, 0.15) is 11.3 Å². The quantitative estimate of drug-likeness (QED) is 0.676. The van der Waals surface area contributed by atoms with E-state index in [0.717, 1.165) is 41.9 Å². The molecule has 1 fully saturated rings. The molecule has 4 rings (SSSR count). The van der Waals surface area contributed by atoms with Gasteiger partial charge in [-0.1, -0.05) is 12.1 Å². The van der Waals surface area contributed by atoms with Crippen LogP contribution in [0.1, 0.15) is 38.3 Å². The van der Waals surface area contributed by atoms with Crippen molar-refractivity contribution in [3.8, 4) is 5.75 Å². The smallest absolute Gasteiger partial charge is 0.225 e. The number of rotatable bonds is 6. The van der Waals surface area contributed by atoms with Crippen LogP contribution in [0.3, 0.4) is 0 Å². The molecular weight excluding hydrogens is 378 g/mol. The number of hydrogen-bond donors (Lipinski definition) is 1. The second-order valence-corrected chi connectivity index (χ2v) is 7.61. The zero-order valence-corrected chi connectivity index (χ0v) is 17.4. The van der Waals surface area contributed by atoms with E-state index >= 15 is 0 Å². The molecule has 3 heterocycles. The highest BCUT2D eigenvalue weighted by molar-refractivity contribution is 5.80. The number of aromatic nitrogens is 3. The fraction of sp³-hybridized carbons (Fsp3) is 0.391. The predicted molar refractivity (Wildman–Crippen MR) is 116 cm³/mol. The van der Waals surface area contributed by atoms with Crippen molar-refractivity contribution in [2.75, 3.05) is 24.6 Å². The number of pyridine rings is 1. The topological polar surface area (TPSA) is 80.2 Å². The molecular formula is C23H27N5O2. The number of anilines is 1. The standard InChI is InChI=1S/C23H27N5O2/c1-3-30-20-8-6-17(7-9-20)16(2)27-23(29)18-5-4-12-28(15-18)19-13-21-22(26-14-19)25-11-10-24-21/h6-11,13-14,16,18H,3-5,12,15H2,1-2H3,(H,27,29)/t16-,18+/m1/s1. The zero-order chi connectivity index (χ0) is 20.9. The number of nitrogens with one attached hydrogen (secondary N) is 1. The Morgan fingerprint density at radius 1 is 1.23 bits per heavy atom. The van der Waals surface area contributed by atoms with Gasteiger partial charge in [-0.05, 0) is 50.5 Å². The normalized spacial score (nSPS) is 17.5. The number of piperidine rings is 1. The molecule has 7 nitrogen and oxygen atoms in total. The third kappa shape index (κ3) is 4.50. The summed E-state index contributed by atoms with van der Waals surface area (Å²) < 4.78 is 5.49. The van der Waals surface area contributed by atoms with Gasteiger partial charge in [0, 0.05) is 25.5 Å². The van der Waals surface area contributed by atoms with E-state index in [-0.39, 0.29) is 17.9 Å². The van der Waals surface area contributed by atoms with Crippen molar-refractivity contribution < 1.29 is 9.53 Å². The van der Waals surface area contributed by atoms with E-state index < -0.39 is 0 Å². The third-order valence-electron chi connectivity index (χ3n) is 5.52. The minimum Gasteiger partial charge on any atom is -0.494 e. The second kappa shape index (κ2) is 9.07. The molecule has 0 saturated carbocycles. The highest BCUT2D eigenvalue weighted by atomic mass is 16.5. The molecule has 30 heavy (non-hydrogen) atoms. The van der Waals surface area contributed by atoms with Gasteiger partial charge in [0.25, 0.3) is 0 Å². The molecule has 1 aliphatic rings. The highest BCUT2D eigenvalue weighted by Crippen LogP contribution is 2.25. The van der Waals surface area contributed by atoms with Crippen LogP contribution < -0.4 is 15.0 Å². The van der Waals surface area contributed by atoms with E-state index in [0.29, 0.717) is 18.8 Å². The Morgan fingerprint density at radius 3 is 2.83 bits per heavy atom. The number of amides is 1. The molecule has 0 spiro atoms. The summed E-state index contributed by atoms with van der Waals surface area (Å²) in [6, 6.07) is 9.84. The lowest BCUT2D eigenvalue weighted by Crippen LogP contribution is -2.43. The van der Waals surface area contributed by atoms with Gasteiger partial charge in [-0.15, -0.1) is 0 Å². The van der Waals surface area contributed by atoms with Crippen LogP contribution in [-0.2, 0) is 4.79 Å². The Labute approximate surface area is 176 Å². The van der Waals surface area contributed by atoms with Crippen LogP contribution in [0.4, 0.5) is 5.69 Å². The molecule has 0 bridgehead atoms. The summed E-state index contributed by atoms with van der Waals surface area (Å²) in [6.07, 6.45) is 6.98. The lowest BCUT2D eigenvalue weighted by Gasteiger charge is -2.34. The van der Waals surface area contributed by atoms with Crippen LogP contribution in [0, 0.1) is 5.92 Å². The molecule has 1 aliphatic heterocycles. The molecule has 1 saturated heterocycles. The summed E-state index contributed by atoms with van der Waals surface area (Å²) >= 11 is 0. The Bertz CT molecular complexity index is 1010. The molecule has 7 heteroatoms. The lowest BCUT2D eigenvalue weighted by molar-refractivity contribution is -0.125. The molecule has 3 aromatic rings. The van der Waals surface area contributed by atoms with E-state index in [2.05, 4.69) is 25.2 Å². The maximum absolute atomic E-state index is 12.9. The number of benzene rings is 1. The lowest BCUT2D eigenvalue weighted by atomic mass is 9.96. The Kier molecular flexibility index (Phi) is 6.07. The van der Waals surface area contributed by atoms with Crippen molar-refractivity contribution in [2.24, 2.45) is 5.92 Å². The van der Waals surface area contributed by atoms with Gasteiger partial charge in [-0.2, -0.15) is 0 Å². The van der Waals surface area contributed by atoms with Crippen molar-refractivity contribution in [3.05, 3.63) is 54.5 Å². The fourth-order valence-electron chi connectivity index (χ4n) is 3.88. The summed E-state index contributed by atoms with van der Waals surface area (Å²) in [5.74, 6) is 0.882. The maximum Gasteiger partial charge on any atom is 0.225 e. The van der Waals surface area contributed by atoms with Gasteiger partial charge in [-0.3, -0.25) is 9.78 Å². The summed E-state index contributed by atoms with van der Waals surface area (Å²) in [5.41, 5.74) is 3.46. The summed E-state index contributed by atoms with van der Waals surface area (Å²) in [4.78, 5) is 28.1. The minimum absolute atomic E-state index is 0.0542. The first-order chi connectivity index (χ1) is 14.6. The molecule has 156 valence electrons. The zero-order valence-electron chi connectivity index (χ0n) is 17.4. The molecule has 2 aromatic heterocycles. The Hall–Kier alpha value is -3.22. The van der Waals surface area contributed by atoms with Crippen molar-refractivity contribution in [3.63, 3.8) is 0 Å². The number of nitrogens with zero attached hydrogens (tertiary/aromatic N) is 4. The van der Waals surface area contributed by atoms with E-state index in [1.54, 1.807) is 12.4 Å². The average molecular weight is 406 g/mol. The van der Waals surface area contributed by atoms with Gasteiger partial charge >= 0.3 is 0 Å². The number of fused-ring (bicyclic) bond motifs is 1. The van der Waals surface area contributed by atoms with Crippen LogP contribution >= 0.6 is 0 Å². The summed E-state index contributed by atoms with van der Waals surface area (Å²) in [5, 5.41) is 3.17. The van der Waals surface area contributed by atoms with Crippen molar-refractivity contribution in [2.45, 2.75) is 32.7 Å². The molecule has 0 radical (unpaired) electrons. The van der Waals surface area contributed by atoms with E-state index in [1.807, 2.05) is 50.4 Å². The molecule has 2 atom stereocenters. The largest absolute Gasteiger partial charge is 0.494 e. The van der Waals surface area contributed by atoms with Crippen molar-refractivity contribution in [1.29, 1.82) is 0 Å². The average Bonchev–Trinajstić information content (AvgIpc) is 2.79.